The summed E-state index contributed by atoms with van der Waals surface area (Å²) in [6, 6.07) is 0.268. The fourth-order valence-electron chi connectivity index (χ4n) is 1.55. The van der Waals surface area contributed by atoms with Crippen molar-refractivity contribution in [1.82, 2.24) is 9.97 Å². The molecule has 0 radical (unpaired) electrons. The Morgan fingerprint density at radius 3 is 2.79 bits per heavy atom. The fourth-order valence-corrected chi connectivity index (χ4v) is 1.55. The van der Waals surface area contributed by atoms with Gasteiger partial charge in [-0.15, -0.1) is 24.8 Å². The number of aryl methyl sites for hydroxylation is 1. The Bertz CT molecular complexity index is 305. The molecule has 6 heteroatoms. The van der Waals surface area contributed by atoms with Crippen LogP contribution in [0.15, 0.2) is 6.20 Å². The quantitative estimate of drug-likeness (QED) is 0.696. The molecular formula is C8H14Cl2N4. The van der Waals surface area contributed by atoms with Gasteiger partial charge in [0.15, 0.2) is 0 Å². The number of anilines is 1. The number of halogens is 2. The predicted octanol–water partition coefficient (Wildman–Crippen LogP) is 0.718. The van der Waals surface area contributed by atoms with Crippen molar-refractivity contribution in [3.05, 3.63) is 17.5 Å². The molecule has 0 bridgehead atoms. The Balaban J connectivity index is 0.000000845. The van der Waals surface area contributed by atoms with Crippen LogP contribution in [-0.2, 0) is 12.8 Å². The molecule has 2 rings (SSSR count). The van der Waals surface area contributed by atoms with E-state index in [-0.39, 0.29) is 30.9 Å². The highest BCUT2D eigenvalue weighted by Crippen LogP contribution is 2.17. The molecule has 1 aromatic rings. The molecule has 1 heterocycles. The van der Waals surface area contributed by atoms with Crippen molar-refractivity contribution in [3.63, 3.8) is 0 Å². The second-order valence-electron chi connectivity index (χ2n) is 3.20. The lowest BCUT2D eigenvalue weighted by molar-refractivity contribution is 0.564. The number of nitrogens with zero attached hydrogens (tertiary/aromatic N) is 2. The zero-order chi connectivity index (χ0) is 8.55. The second kappa shape index (κ2) is 5.34. The lowest BCUT2D eigenvalue weighted by Crippen LogP contribution is -2.28. The highest BCUT2D eigenvalue weighted by Gasteiger charge is 2.16. The molecular weight excluding hydrogens is 223 g/mol. The molecule has 1 aliphatic rings. The minimum absolute atomic E-state index is 0. The minimum Gasteiger partial charge on any atom is -0.368 e. The molecule has 0 aromatic carbocycles. The van der Waals surface area contributed by atoms with Gasteiger partial charge in [-0.3, -0.25) is 0 Å². The topological polar surface area (TPSA) is 77.8 Å². The molecule has 0 saturated heterocycles. The van der Waals surface area contributed by atoms with Gasteiger partial charge in [0, 0.05) is 17.9 Å². The van der Waals surface area contributed by atoms with E-state index in [1.165, 1.54) is 0 Å². The van der Waals surface area contributed by atoms with E-state index < -0.39 is 0 Å². The van der Waals surface area contributed by atoms with Crippen LogP contribution >= 0.6 is 24.8 Å². The van der Waals surface area contributed by atoms with Gasteiger partial charge < -0.3 is 11.5 Å². The highest BCUT2D eigenvalue weighted by atomic mass is 35.5. The van der Waals surface area contributed by atoms with Gasteiger partial charge in [-0.1, -0.05) is 0 Å². The van der Waals surface area contributed by atoms with Crippen LogP contribution in [-0.4, -0.2) is 16.0 Å². The summed E-state index contributed by atoms with van der Waals surface area (Å²) < 4.78 is 0. The van der Waals surface area contributed by atoms with Gasteiger partial charge in [-0.25, -0.2) is 9.97 Å². The molecule has 1 aliphatic carbocycles. The molecule has 4 N–H and O–H groups in total. The predicted molar refractivity (Wildman–Crippen MR) is 60.9 cm³/mol. The maximum absolute atomic E-state index is 5.80. The Kier molecular flexibility index (Phi) is 5.12. The van der Waals surface area contributed by atoms with Crippen molar-refractivity contribution in [2.24, 2.45) is 5.73 Å². The summed E-state index contributed by atoms with van der Waals surface area (Å²) in [4.78, 5) is 8.10. The van der Waals surface area contributed by atoms with Crippen LogP contribution in [0.2, 0.25) is 0 Å². The van der Waals surface area contributed by atoms with Crippen molar-refractivity contribution >= 4 is 30.8 Å². The van der Waals surface area contributed by atoms with E-state index in [9.17, 15) is 0 Å². The van der Waals surface area contributed by atoms with Crippen molar-refractivity contribution in [2.45, 2.75) is 25.3 Å². The average Bonchev–Trinajstić information content (AvgIpc) is 2.05. The number of hydrogen-bond donors (Lipinski definition) is 2. The van der Waals surface area contributed by atoms with Gasteiger partial charge in [0.1, 0.15) is 0 Å². The third-order valence-electron chi connectivity index (χ3n) is 2.21. The van der Waals surface area contributed by atoms with Gasteiger partial charge in [-0.2, -0.15) is 0 Å². The summed E-state index contributed by atoms with van der Waals surface area (Å²) in [5.74, 6) is 0.365. The zero-order valence-electron chi connectivity index (χ0n) is 7.64. The van der Waals surface area contributed by atoms with E-state index in [1.54, 1.807) is 6.20 Å². The van der Waals surface area contributed by atoms with Crippen LogP contribution in [0.5, 0.6) is 0 Å². The Morgan fingerprint density at radius 1 is 1.36 bits per heavy atom. The number of fused-ring (bicyclic) bond motifs is 1. The molecule has 80 valence electrons. The normalized spacial score (nSPS) is 18.8. The van der Waals surface area contributed by atoms with Gasteiger partial charge >= 0.3 is 0 Å². The summed E-state index contributed by atoms with van der Waals surface area (Å²) in [6.07, 6.45) is 4.61. The monoisotopic (exact) mass is 236 g/mol. The molecule has 1 aromatic heterocycles. The number of rotatable bonds is 0. The number of hydrogen-bond acceptors (Lipinski definition) is 4. The van der Waals surface area contributed by atoms with E-state index >= 15 is 0 Å². The first kappa shape index (κ1) is 13.4. The van der Waals surface area contributed by atoms with E-state index in [4.69, 9.17) is 11.5 Å². The maximum atomic E-state index is 5.80. The summed E-state index contributed by atoms with van der Waals surface area (Å²) >= 11 is 0. The third-order valence-corrected chi connectivity index (χ3v) is 2.21. The minimum atomic E-state index is 0. The Hall–Kier alpha value is -0.580. The fraction of sp³-hybridized carbons (Fsp3) is 0.500. The molecule has 0 aliphatic heterocycles. The van der Waals surface area contributed by atoms with Crippen LogP contribution in [0.3, 0.4) is 0 Å². The van der Waals surface area contributed by atoms with Crippen LogP contribution in [0.25, 0.3) is 0 Å². The van der Waals surface area contributed by atoms with Crippen molar-refractivity contribution in [1.29, 1.82) is 0 Å². The van der Waals surface area contributed by atoms with Crippen LogP contribution < -0.4 is 11.5 Å². The largest absolute Gasteiger partial charge is 0.368 e. The van der Waals surface area contributed by atoms with Crippen molar-refractivity contribution < 1.29 is 0 Å². The molecule has 0 fully saturated rings. The first-order chi connectivity index (χ1) is 5.75. The molecule has 4 nitrogen and oxygen atoms in total. The number of nitrogen functional groups attached to an aromatic ring is 1. The van der Waals surface area contributed by atoms with Crippen LogP contribution in [0.4, 0.5) is 5.95 Å². The Labute approximate surface area is 95.3 Å². The lowest BCUT2D eigenvalue weighted by atomic mass is 9.94. The highest BCUT2D eigenvalue weighted by molar-refractivity contribution is 5.85. The number of nitrogens with two attached hydrogens (primary N) is 2. The van der Waals surface area contributed by atoms with Gasteiger partial charge in [0.2, 0.25) is 5.95 Å². The molecule has 0 spiro atoms. The Morgan fingerprint density at radius 2 is 2.07 bits per heavy atom. The van der Waals surface area contributed by atoms with Gasteiger partial charge in [0.25, 0.3) is 0 Å². The summed E-state index contributed by atoms with van der Waals surface area (Å²) in [5.41, 5.74) is 13.5. The van der Waals surface area contributed by atoms with E-state index in [0.29, 0.717) is 5.95 Å². The SMILES string of the molecule is Cl.Cl.Nc1ncc2c(n1)CCC(N)C2. The van der Waals surface area contributed by atoms with Crippen LogP contribution in [0.1, 0.15) is 17.7 Å². The molecule has 1 unspecified atom stereocenters. The third kappa shape index (κ3) is 2.70. The molecule has 0 amide bonds. The van der Waals surface area contributed by atoms with Crippen LogP contribution in [0, 0.1) is 0 Å². The first-order valence-electron chi connectivity index (χ1n) is 4.11. The second-order valence-corrected chi connectivity index (χ2v) is 3.20. The number of aromatic nitrogens is 2. The maximum Gasteiger partial charge on any atom is 0.220 e. The van der Waals surface area contributed by atoms with Gasteiger partial charge in [0.05, 0.1) is 0 Å². The standard InChI is InChI=1S/C8H12N4.2ClH/c9-6-1-2-7-5(3-6)4-11-8(10)12-7;;/h4,6H,1-3,9H2,(H2,10,11,12);2*1H. The smallest absolute Gasteiger partial charge is 0.220 e. The van der Waals surface area contributed by atoms with E-state index in [0.717, 1.165) is 30.5 Å². The van der Waals surface area contributed by atoms with Crippen molar-refractivity contribution in [3.8, 4) is 0 Å². The molecule has 0 saturated carbocycles. The molecule has 1 atom stereocenters. The van der Waals surface area contributed by atoms with Crippen molar-refractivity contribution in [2.75, 3.05) is 5.73 Å². The average molecular weight is 237 g/mol. The summed E-state index contributed by atoms with van der Waals surface area (Å²) in [7, 11) is 0. The van der Waals surface area contributed by atoms with E-state index in [1.807, 2.05) is 0 Å². The summed E-state index contributed by atoms with van der Waals surface area (Å²) in [6.45, 7) is 0. The van der Waals surface area contributed by atoms with Gasteiger partial charge in [-0.05, 0) is 24.8 Å². The summed E-state index contributed by atoms with van der Waals surface area (Å²) in [5, 5.41) is 0. The lowest BCUT2D eigenvalue weighted by Gasteiger charge is -2.19. The van der Waals surface area contributed by atoms with E-state index in [2.05, 4.69) is 9.97 Å². The molecule has 14 heavy (non-hydrogen) atoms. The first-order valence-corrected chi connectivity index (χ1v) is 4.11. The zero-order valence-corrected chi connectivity index (χ0v) is 9.27.